The van der Waals surface area contributed by atoms with Crippen LogP contribution in [0.3, 0.4) is 0 Å². The van der Waals surface area contributed by atoms with Crippen LogP contribution in [0, 0.1) is 11.7 Å². The predicted octanol–water partition coefficient (Wildman–Crippen LogP) is 1.03. The summed E-state index contributed by atoms with van der Waals surface area (Å²) in [5.41, 5.74) is 0.761. The number of piperazine rings is 1. The van der Waals surface area contributed by atoms with Gasteiger partial charge in [-0.3, -0.25) is 9.59 Å². The molecule has 1 unspecified atom stereocenters. The lowest BCUT2D eigenvalue weighted by atomic mass is 10.1. The molecule has 2 saturated heterocycles. The van der Waals surface area contributed by atoms with Crippen molar-refractivity contribution < 1.29 is 18.7 Å². The average Bonchev–Trinajstić information content (AvgIpc) is 3.03. The lowest BCUT2D eigenvalue weighted by Gasteiger charge is -2.35. The minimum atomic E-state index is -0.306. The maximum absolute atomic E-state index is 13.2. The molecule has 0 radical (unpaired) electrons. The van der Waals surface area contributed by atoms with Gasteiger partial charge in [0.2, 0.25) is 11.8 Å². The SMILES string of the molecule is O=C1CN(C(=O)C2CCOC2)CCN1Cc1cccc(F)c1. The Bertz CT molecular complexity index is 572. The van der Waals surface area contributed by atoms with Crippen molar-refractivity contribution in [2.45, 2.75) is 13.0 Å². The van der Waals surface area contributed by atoms with Crippen molar-refractivity contribution in [2.24, 2.45) is 5.92 Å². The van der Waals surface area contributed by atoms with Gasteiger partial charge in [0.05, 0.1) is 19.1 Å². The Morgan fingerprint density at radius 1 is 1.36 bits per heavy atom. The van der Waals surface area contributed by atoms with E-state index in [1.165, 1.54) is 12.1 Å². The lowest BCUT2D eigenvalue weighted by molar-refractivity contribution is -0.148. The summed E-state index contributed by atoms with van der Waals surface area (Å²) >= 11 is 0. The van der Waals surface area contributed by atoms with Crippen LogP contribution in [0.5, 0.6) is 0 Å². The van der Waals surface area contributed by atoms with Crippen molar-refractivity contribution >= 4 is 11.8 Å². The first kappa shape index (κ1) is 15.0. The van der Waals surface area contributed by atoms with Gasteiger partial charge < -0.3 is 14.5 Å². The number of carbonyl (C=O) groups is 2. The molecule has 0 bridgehead atoms. The fraction of sp³-hybridized carbons (Fsp3) is 0.500. The standard InChI is InChI=1S/C16H19FN2O3/c17-14-3-1-2-12(8-14)9-18-5-6-19(10-15(18)20)16(21)13-4-7-22-11-13/h1-3,8,13H,4-7,9-11H2. The molecule has 22 heavy (non-hydrogen) atoms. The number of nitrogens with zero attached hydrogens (tertiary/aromatic N) is 2. The number of hydrogen-bond acceptors (Lipinski definition) is 3. The van der Waals surface area contributed by atoms with Gasteiger partial charge >= 0.3 is 0 Å². The Balaban J connectivity index is 1.58. The Labute approximate surface area is 128 Å². The summed E-state index contributed by atoms with van der Waals surface area (Å²) < 4.78 is 18.4. The Morgan fingerprint density at radius 2 is 2.23 bits per heavy atom. The molecule has 118 valence electrons. The van der Waals surface area contributed by atoms with E-state index in [0.717, 1.165) is 12.0 Å². The van der Waals surface area contributed by atoms with Crippen molar-refractivity contribution in [1.29, 1.82) is 0 Å². The maximum atomic E-state index is 13.2. The topological polar surface area (TPSA) is 49.9 Å². The Hall–Kier alpha value is -1.95. The molecule has 2 amide bonds. The van der Waals surface area contributed by atoms with Gasteiger partial charge in [-0.1, -0.05) is 12.1 Å². The molecule has 0 aromatic heterocycles. The molecule has 0 N–H and O–H groups in total. The van der Waals surface area contributed by atoms with Gasteiger partial charge in [-0.05, 0) is 24.1 Å². The van der Waals surface area contributed by atoms with Crippen molar-refractivity contribution in [3.05, 3.63) is 35.6 Å². The quantitative estimate of drug-likeness (QED) is 0.838. The second-order valence-electron chi connectivity index (χ2n) is 5.77. The smallest absolute Gasteiger partial charge is 0.242 e. The van der Waals surface area contributed by atoms with Gasteiger partial charge in [0.1, 0.15) is 5.82 Å². The Morgan fingerprint density at radius 3 is 2.91 bits per heavy atom. The molecule has 0 saturated carbocycles. The molecular formula is C16H19FN2O3. The zero-order valence-electron chi connectivity index (χ0n) is 12.3. The van der Waals surface area contributed by atoms with Gasteiger partial charge in [-0.2, -0.15) is 0 Å². The van der Waals surface area contributed by atoms with Crippen LogP contribution in [0.15, 0.2) is 24.3 Å². The normalized spacial score (nSPS) is 22.2. The van der Waals surface area contributed by atoms with Crippen LogP contribution in [-0.4, -0.2) is 54.5 Å². The van der Waals surface area contributed by atoms with Gasteiger partial charge in [0.25, 0.3) is 0 Å². The van der Waals surface area contributed by atoms with E-state index in [1.807, 2.05) is 0 Å². The third-order valence-electron chi connectivity index (χ3n) is 4.17. The highest BCUT2D eigenvalue weighted by molar-refractivity contribution is 5.87. The van der Waals surface area contributed by atoms with Crippen LogP contribution in [-0.2, 0) is 20.9 Å². The summed E-state index contributed by atoms with van der Waals surface area (Å²) in [5.74, 6) is -0.499. The molecule has 1 aromatic carbocycles. The zero-order valence-corrected chi connectivity index (χ0v) is 12.3. The number of rotatable bonds is 3. The van der Waals surface area contributed by atoms with Crippen LogP contribution in [0.2, 0.25) is 0 Å². The first-order valence-electron chi connectivity index (χ1n) is 7.52. The zero-order chi connectivity index (χ0) is 15.5. The molecular weight excluding hydrogens is 287 g/mol. The largest absolute Gasteiger partial charge is 0.381 e. The van der Waals surface area contributed by atoms with E-state index in [9.17, 15) is 14.0 Å². The van der Waals surface area contributed by atoms with Crippen LogP contribution in [0.1, 0.15) is 12.0 Å². The number of hydrogen-bond donors (Lipinski definition) is 0. The maximum Gasteiger partial charge on any atom is 0.242 e. The molecule has 1 atom stereocenters. The van der Waals surface area contributed by atoms with E-state index in [1.54, 1.807) is 21.9 Å². The van der Waals surface area contributed by atoms with Crippen molar-refractivity contribution in [2.75, 3.05) is 32.8 Å². The summed E-state index contributed by atoms with van der Waals surface area (Å²) in [5, 5.41) is 0. The van der Waals surface area contributed by atoms with Gasteiger partial charge in [0.15, 0.2) is 0 Å². The van der Waals surface area contributed by atoms with E-state index < -0.39 is 0 Å². The second-order valence-corrected chi connectivity index (χ2v) is 5.77. The highest BCUT2D eigenvalue weighted by Crippen LogP contribution is 2.18. The molecule has 2 aliphatic heterocycles. The molecule has 6 heteroatoms. The summed E-state index contributed by atoms with van der Waals surface area (Å²) in [6, 6.07) is 6.24. The molecule has 2 aliphatic rings. The summed E-state index contributed by atoms with van der Waals surface area (Å²) in [6.45, 7) is 2.56. The van der Waals surface area contributed by atoms with Crippen LogP contribution in [0.25, 0.3) is 0 Å². The van der Waals surface area contributed by atoms with E-state index >= 15 is 0 Å². The molecule has 2 fully saturated rings. The van der Waals surface area contributed by atoms with Crippen LogP contribution < -0.4 is 0 Å². The summed E-state index contributed by atoms with van der Waals surface area (Å²) in [7, 11) is 0. The van der Waals surface area contributed by atoms with Crippen LogP contribution >= 0.6 is 0 Å². The van der Waals surface area contributed by atoms with Crippen molar-refractivity contribution in [1.82, 2.24) is 9.80 Å². The van der Waals surface area contributed by atoms with Gasteiger partial charge in [0, 0.05) is 26.2 Å². The number of carbonyl (C=O) groups excluding carboxylic acids is 2. The third-order valence-corrected chi connectivity index (χ3v) is 4.17. The Kier molecular flexibility index (Phi) is 4.38. The van der Waals surface area contributed by atoms with E-state index in [0.29, 0.717) is 32.8 Å². The summed E-state index contributed by atoms with van der Waals surface area (Å²) in [6.07, 6.45) is 0.733. The minimum absolute atomic E-state index is 0.0104. The van der Waals surface area contributed by atoms with Gasteiger partial charge in [-0.25, -0.2) is 4.39 Å². The number of benzene rings is 1. The number of amides is 2. The second kappa shape index (κ2) is 6.44. The van der Waals surface area contributed by atoms with E-state index in [2.05, 4.69) is 0 Å². The number of halogens is 1. The lowest BCUT2D eigenvalue weighted by Crippen LogP contribution is -2.53. The first-order valence-corrected chi connectivity index (χ1v) is 7.52. The summed E-state index contributed by atoms with van der Waals surface area (Å²) in [4.78, 5) is 27.8. The fourth-order valence-electron chi connectivity index (χ4n) is 2.91. The fourth-order valence-corrected chi connectivity index (χ4v) is 2.91. The highest BCUT2D eigenvalue weighted by atomic mass is 19.1. The van der Waals surface area contributed by atoms with Crippen molar-refractivity contribution in [3.8, 4) is 0 Å². The molecule has 0 aliphatic carbocycles. The molecule has 3 rings (SSSR count). The molecule has 1 aromatic rings. The van der Waals surface area contributed by atoms with Crippen LogP contribution in [0.4, 0.5) is 4.39 Å². The van der Waals surface area contributed by atoms with E-state index in [4.69, 9.17) is 4.74 Å². The molecule has 0 spiro atoms. The average molecular weight is 306 g/mol. The van der Waals surface area contributed by atoms with E-state index in [-0.39, 0.29) is 30.1 Å². The monoisotopic (exact) mass is 306 g/mol. The highest BCUT2D eigenvalue weighted by Gasteiger charge is 2.32. The molecule has 2 heterocycles. The number of ether oxygens (including phenoxy) is 1. The third kappa shape index (κ3) is 3.27. The first-order chi connectivity index (χ1) is 10.6. The minimum Gasteiger partial charge on any atom is -0.381 e. The predicted molar refractivity (Wildman–Crippen MR) is 77.3 cm³/mol. The molecule has 5 nitrogen and oxygen atoms in total. The van der Waals surface area contributed by atoms with Crippen molar-refractivity contribution in [3.63, 3.8) is 0 Å². The van der Waals surface area contributed by atoms with Gasteiger partial charge in [-0.15, -0.1) is 0 Å².